The van der Waals surface area contributed by atoms with Gasteiger partial charge >= 0.3 is 5.97 Å². The van der Waals surface area contributed by atoms with Crippen LogP contribution in [0.25, 0.3) is 0 Å². The molecule has 3 rings (SSSR count). The van der Waals surface area contributed by atoms with Gasteiger partial charge in [0, 0.05) is 6.42 Å². The van der Waals surface area contributed by atoms with Crippen molar-refractivity contribution in [2.45, 2.75) is 25.5 Å². The van der Waals surface area contributed by atoms with Crippen LogP contribution in [0.3, 0.4) is 0 Å². The van der Waals surface area contributed by atoms with E-state index in [2.05, 4.69) is 5.32 Å². The average Bonchev–Trinajstić information content (AvgIpc) is 3.14. The second-order valence-electron chi connectivity index (χ2n) is 6.18. The van der Waals surface area contributed by atoms with Crippen molar-refractivity contribution in [1.29, 1.82) is 0 Å². The molecule has 0 aliphatic carbocycles. The summed E-state index contributed by atoms with van der Waals surface area (Å²) in [6.07, 6.45) is -0.140. The lowest BCUT2D eigenvalue weighted by molar-refractivity contribution is -0.143. The molecular formula is C20H21NO6. The molecule has 2 aromatic carbocycles. The van der Waals surface area contributed by atoms with Gasteiger partial charge in [-0.05, 0) is 54.4 Å². The second-order valence-corrected chi connectivity index (χ2v) is 6.18. The molecule has 1 aliphatic heterocycles. The molecule has 0 saturated carbocycles. The van der Waals surface area contributed by atoms with Gasteiger partial charge in [-0.2, -0.15) is 0 Å². The smallest absolute Gasteiger partial charge is 0.330 e. The van der Waals surface area contributed by atoms with Gasteiger partial charge in [0.2, 0.25) is 0 Å². The molecular weight excluding hydrogens is 350 g/mol. The first-order valence-electron chi connectivity index (χ1n) is 8.57. The number of amides is 1. The zero-order valence-corrected chi connectivity index (χ0v) is 15.1. The fourth-order valence-electron chi connectivity index (χ4n) is 2.85. The predicted molar refractivity (Wildman–Crippen MR) is 97.2 cm³/mol. The molecule has 2 N–H and O–H groups in total. The van der Waals surface area contributed by atoms with E-state index in [1.807, 2.05) is 0 Å². The maximum absolute atomic E-state index is 12.4. The molecule has 0 radical (unpaired) electrons. The van der Waals surface area contributed by atoms with Crippen LogP contribution in [0.5, 0.6) is 17.2 Å². The number of fused-ring (bicyclic) bond motifs is 1. The van der Waals surface area contributed by atoms with Crippen molar-refractivity contribution in [3.05, 3.63) is 53.6 Å². The Kier molecular flexibility index (Phi) is 5.49. The first kappa shape index (κ1) is 18.6. The summed E-state index contributed by atoms with van der Waals surface area (Å²) in [5, 5.41) is 12.1. The van der Waals surface area contributed by atoms with E-state index in [1.165, 1.54) is 0 Å². The number of carboxylic acids is 1. The lowest BCUT2D eigenvalue weighted by Crippen LogP contribution is -2.41. The van der Waals surface area contributed by atoms with Crippen LogP contribution in [-0.4, -0.2) is 36.8 Å². The van der Waals surface area contributed by atoms with Crippen molar-refractivity contribution in [1.82, 2.24) is 5.32 Å². The number of carbonyl (C=O) groups is 2. The number of rotatable bonds is 7. The number of hydrogen-bond acceptors (Lipinski definition) is 5. The van der Waals surface area contributed by atoms with Crippen LogP contribution in [0.2, 0.25) is 0 Å². The van der Waals surface area contributed by atoms with Gasteiger partial charge < -0.3 is 24.6 Å². The fraction of sp³-hybridized carbons (Fsp3) is 0.300. The Balaban J connectivity index is 1.68. The Morgan fingerprint density at radius 2 is 1.85 bits per heavy atom. The van der Waals surface area contributed by atoms with E-state index >= 15 is 0 Å². The monoisotopic (exact) mass is 371 g/mol. The summed E-state index contributed by atoms with van der Waals surface area (Å²) in [6.45, 7) is 2.14. The molecule has 2 aromatic rings. The number of aliphatic carboxylic acids is 1. The molecule has 2 unspecified atom stereocenters. The zero-order chi connectivity index (χ0) is 19.4. The summed E-state index contributed by atoms with van der Waals surface area (Å²) in [7, 11) is 1.56. The summed E-state index contributed by atoms with van der Waals surface area (Å²) >= 11 is 0. The highest BCUT2D eigenvalue weighted by Gasteiger charge is 2.27. The van der Waals surface area contributed by atoms with E-state index in [1.54, 1.807) is 56.5 Å². The maximum Gasteiger partial charge on any atom is 0.330 e. The standard InChI is InChI=1S/C20H21NO6/c1-12(27-16-6-4-15(25-2)5-7-16)19(22)21-18(20(23)24)14-3-8-17-13(11-14)9-10-26-17/h3-8,11-12,18H,9-10H2,1-2H3,(H,21,22)(H,23,24). The summed E-state index contributed by atoms with van der Waals surface area (Å²) in [4.78, 5) is 24.1. The Bertz CT molecular complexity index is 833. The van der Waals surface area contributed by atoms with Gasteiger partial charge in [-0.3, -0.25) is 4.79 Å². The average molecular weight is 371 g/mol. The Hall–Kier alpha value is -3.22. The number of nitrogens with one attached hydrogen (secondary N) is 1. The SMILES string of the molecule is COc1ccc(OC(C)C(=O)NC(C(=O)O)c2ccc3c(c2)CCO3)cc1. The molecule has 2 atom stereocenters. The van der Waals surface area contributed by atoms with Crippen molar-refractivity contribution in [2.75, 3.05) is 13.7 Å². The number of carbonyl (C=O) groups excluding carboxylic acids is 1. The van der Waals surface area contributed by atoms with Gasteiger partial charge in [-0.25, -0.2) is 4.79 Å². The third-order valence-electron chi connectivity index (χ3n) is 4.32. The number of hydrogen-bond donors (Lipinski definition) is 2. The van der Waals surface area contributed by atoms with Crippen LogP contribution >= 0.6 is 0 Å². The highest BCUT2D eigenvalue weighted by atomic mass is 16.5. The molecule has 1 amide bonds. The molecule has 0 spiro atoms. The van der Waals surface area contributed by atoms with Crippen LogP contribution < -0.4 is 19.5 Å². The molecule has 0 saturated heterocycles. The summed E-state index contributed by atoms with van der Waals surface area (Å²) in [5.74, 6) is 0.255. The van der Waals surface area contributed by atoms with Crippen LogP contribution in [-0.2, 0) is 16.0 Å². The molecule has 27 heavy (non-hydrogen) atoms. The number of benzene rings is 2. The lowest BCUT2D eigenvalue weighted by atomic mass is 10.0. The van der Waals surface area contributed by atoms with E-state index in [4.69, 9.17) is 14.2 Å². The summed E-state index contributed by atoms with van der Waals surface area (Å²) in [5.41, 5.74) is 1.44. The minimum Gasteiger partial charge on any atom is -0.497 e. The minimum absolute atomic E-state index is 0.486. The number of methoxy groups -OCH3 is 1. The number of ether oxygens (including phenoxy) is 3. The lowest BCUT2D eigenvalue weighted by Gasteiger charge is -2.19. The minimum atomic E-state index is -1.16. The van der Waals surface area contributed by atoms with E-state index in [0.29, 0.717) is 23.7 Å². The van der Waals surface area contributed by atoms with E-state index in [9.17, 15) is 14.7 Å². The molecule has 1 aliphatic rings. The van der Waals surface area contributed by atoms with Gasteiger partial charge in [-0.1, -0.05) is 6.07 Å². The van der Waals surface area contributed by atoms with Gasteiger partial charge in [0.15, 0.2) is 12.1 Å². The second kappa shape index (κ2) is 7.99. The van der Waals surface area contributed by atoms with Crippen LogP contribution in [0, 0.1) is 0 Å². The zero-order valence-electron chi connectivity index (χ0n) is 15.1. The molecule has 0 bridgehead atoms. The largest absolute Gasteiger partial charge is 0.497 e. The van der Waals surface area contributed by atoms with Crippen LogP contribution in [0.15, 0.2) is 42.5 Å². The predicted octanol–water partition coefficient (Wildman–Crippen LogP) is 2.34. The molecule has 1 heterocycles. The van der Waals surface area contributed by atoms with Gasteiger partial charge in [0.05, 0.1) is 13.7 Å². The fourth-order valence-corrected chi connectivity index (χ4v) is 2.85. The van der Waals surface area contributed by atoms with E-state index in [-0.39, 0.29) is 0 Å². The molecule has 7 nitrogen and oxygen atoms in total. The van der Waals surface area contributed by atoms with Crippen molar-refractivity contribution in [3.63, 3.8) is 0 Å². The first-order chi connectivity index (χ1) is 13.0. The third-order valence-corrected chi connectivity index (χ3v) is 4.32. The van der Waals surface area contributed by atoms with Gasteiger partial charge in [-0.15, -0.1) is 0 Å². The summed E-state index contributed by atoms with van der Waals surface area (Å²) in [6, 6.07) is 10.8. The topological polar surface area (TPSA) is 94.1 Å². The third kappa shape index (κ3) is 4.31. The van der Waals surface area contributed by atoms with Crippen LogP contribution in [0.4, 0.5) is 0 Å². The van der Waals surface area contributed by atoms with Gasteiger partial charge in [0.25, 0.3) is 5.91 Å². The Morgan fingerprint density at radius 3 is 2.52 bits per heavy atom. The molecule has 142 valence electrons. The Labute approximate surface area is 156 Å². The highest BCUT2D eigenvalue weighted by Crippen LogP contribution is 2.28. The van der Waals surface area contributed by atoms with Crippen molar-refractivity contribution in [2.24, 2.45) is 0 Å². The van der Waals surface area contributed by atoms with E-state index < -0.39 is 24.0 Å². The van der Waals surface area contributed by atoms with E-state index in [0.717, 1.165) is 17.7 Å². The molecule has 0 fully saturated rings. The molecule has 7 heteroatoms. The maximum atomic E-state index is 12.4. The quantitative estimate of drug-likeness (QED) is 0.776. The van der Waals surface area contributed by atoms with Crippen molar-refractivity contribution in [3.8, 4) is 17.2 Å². The van der Waals surface area contributed by atoms with Crippen LogP contribution in [0.1, 0.15) is 24.1 Å². The Morgan fingerprint density at radius 1 is 1.15 bits per heavy atom. The first-order valence-corrected chi connectivity index (χ1v) is 8.57. The van der Waals surface area contributed by atoms with Crippen molar-refractivity contribution >= 4 is 11.9 Å². The molecule has 0 aromatic heterocycles. The van der Waals surface area contributed by atoms with Crippen molar-refractivity contribution < 1.29 is 28.9 Å². The van der Waals surface area contributed by atoms with Gasteiger partial charge in [0.1, 0.15) is 17.2 Å². The number of carboxylic acid groups (broad SMARTS) is 1. The normalized spacial score (nSPS) is 14.4. The summed E-state index contributed by atoms with van der Waals surface area (Å²) < 4.78 is 16.1. The highest BCUT2D eigenvalue weighted by molar-refractivity contribution is 5.87.